The minimum absolute atomic E-state index is 0. The molecule has 0 bridgehead atoms. The van der Waals surface area contributed by atoms with E-state index in [9.17, 15) is 28.0 Å². The lowest BCUT2D eigenvalue weighted by Gasteiger charge is -2.30. The van der Waals surface area contributed by atoms with Crippen molar-refractivity contribution in [2.75, 3.05) is 24.4 Å². The molecular formula is C49H55Br2ClF2N2O6. The number of amides is 1. The Bertz CT molecular complexity index is 2200. The number of carbonyl (C=O) groups is 4. The van der Waals surface area contributed by atoms with Crippen LogP contribution in [0.5, 0.6) is 0 Å². The molecule has 0 aliphatic heterocycles. The Labute approximate surface area is 389 Å². The van der Waals surface area contributed by atoms with Crippen molar-refractivity contribution in [3.63, 3.8) is 0 Å². The topological polar surface area (TPSA) is 102 Å². The summed E-state index contributed by atoms with van der Waals surface area (Å²) in [5.41, 5.74) is 3.04. The van der Waals surface area contributed by atoms with E-state index in [1.807, 2.05) is 36.4 Å². The molecule has 2 saturated carbocycles. The number of methoxy groups -OCH3 is 2. The van der Waals surface area contributed by atoms with Crippen molar-refractivity contribution in [1.29, 1.82) is 0 Å². The number of benzene rings is 4. The molecule has 8 nitrogen and oxygen atoms in total. The number of nitrogens with zero attached hydrogens (tertiary/aromatic N) is 1. The maximum absolute atomic E-state index is 14.5. The Morgan fingerprint density at radius 3 is 1.66 bits per heavy atom. The maximum atomic E-state index is 14.5. The van der Waals surface area contributed by atoms with Crippen LogP contribution in [0.3, 0.4) is 0 Å². The van der Waals surface area contributed by atoms with Crippen LogP contribution in [-0.4, -0.2) is 37.3 Å². The molecule has 2 fully saturated rings. The van der Waals surface area contributed by atoms with Crippen LogP contribution in [0.15, 0.2) is 106 Å². The Balaban J connectivity index is 0.000000289. The molecule has 1 N–H and O–H groups in total. The molecule has 0 radical (unpaired) electrons. The maximum Gasteiger partial charge on any atom is 0.330 e. The van der Waals surface area contributed by atoms with Crippen LogP contribution in [0.25, 0.3) is 12.2 Å². The number of hydrogen-bond acceptors (Lipinski definition) is 7. The van der Waals surface area contributed by atoms with E-state index >= 15 is 0 Å². The third-order valence-corrected chi connectivity index (χ3v) is 11.2. The van der Waals surface area contributed by atoms with Crippen molar-refractivity contribution in [3.05, 3.63) is 140 Å². The summed E-state index contributed by atoms with van der Waals surface area (Å²) in [7, 11) is 2.53. The molecule has 2 aliphatic carbocycles. The summed E-state index contributed by atoms with van der Waals surface area (Å²) >= 11 is 12.0. The van der Waals surface area contributed by atoms with E-state index in [0.717, 1.165) is 59.5 Å². The van der Waals surface area contributed by atoms with Crippen LogP contribution in [-0.2, 0) is 41.7 Å². The highest BCUT2D eigenvalue weighted by atomic mass is 79.9. The molecule has 4 aromatic rings. The Morgan fingerprint density at radius 2 is 1.18 bits per heavy atom. The van der Waals surface area contributed by atoms with Gasteiger partial charge in [-0.05, 0) is 132 Å². The number of halogens is 5. The van der Waals surface area contributed by atoms with Crippen LogP contribution < -0.4 is 10.2 Å². The van der Waals surface area contributed by atoms with Crippen LogP contribution in [0.4, 0.5) is 20.2 Å². The van der Waals surface area contributed by atoms with Gasteiger partial charge in [-0.25, -0.2) is 18.4 Å². The first-order chi connectivity index (χ1) is 30.2. The van der Waals surface area contributed by atoms with Crippen molar-refractivity contribution in [3.8, 4) is 0 Å². The molecule has 332 valence electrons. The zero-order chi connectivity index (χ0) is 45.9. The minimum Gasteiger partial charge on any atom is -0.466 e. The molecule has 1 amide bonds. The first-order valence-corrected chi connectivity index (χ1v) is 21.9. The zero-order valence-electron chi connectivity index (χ0n) is 36.1. The second-order valence-electron chi connectivity index (χ2n) is 14.4. The van der Waals surface area contributed by atoms with Crippen LogP contribution in [0.1, 0.15) is 96.6 Å². The lowest BCUT2D eigenvalue weighted by Crippen LogP contribution is -2.36. The van der Waals surface area contributed by atoms with Gasteiger partial charge < -0.3 is 19.7 Å². The summed E-state index contributed by atoms with van der Waals surface area (Å²) < 4.78 is 56.0. The van der Waals surface area contributed by atoms with Crippen LogP contribution in [0.2, 0.25) is 0 Å². The van der Waals surface area contributed by atoms with Gasteiger partial charge in [0.1, 0.15) is 11.6 Å². The summed E-state index contributed by atoms with van der Waals surface area (Å²) in [6.45, 7) is -1.76. The van der Waals surface area contributed by atoms with Gasteiger partial charge in [0.15, 0.2) is 0 Å². The molecule has 0 saturated heterocycles. The van der Waals surface area contributed by atoms with Crippen molar-refractivity contribution in [1.82, 2.24) is 0 Å². The van der Waals surface area contributed by atoms with Crippen molar-refractivity contribution < 1.29 is 40.2 Å². The van der Waals surface area contributed by atoms with Gasteiger partial charge >= 0.3 is 11.9 Å². The SMILES string of the molecule is C.O=C(Cl)C1CCCCC1.[2H]C(Nc1cc(F)cc(/C=C/C(=O)OC)c1)c1ccc(Br)cc1.[2H]C(c1ccc(Br)cc1)N(C(=O)C1CCCCC1)c1cc(F)cc(/C=C/C(=O)OC)c1. The van der Waals surface area contributed by atoms with Gasteiger partial charge in [0.2, 0.25) is 11.1 Å². The average Bonchev–Trinajstić information content (AvgIpc) is 3.28. The van der Waals surface area contributed by atoms with E-state index in [4.69, 9.17) is 14.3 Å². The lowest BCUT2D eigenvalue weighted by molar-refractivity contribution is -0.135. The zero-order valence-corrected chi connectivity index (χ0v) is 38.0. The number of rotatable bonds is 12. The predicted molar refractivity (Wildman–Crippen MR) is 252 cm³/mol. The molecule has 2 aliphatic rings. The smallest absolute Gasteiger partial charge is 0.330 e. The fourth-order valence-corrected chi connectivity index (χ4v) is 7.40. The van der Waals surface area contributed by atoms with Gasteiger partial charge in [-0.15, -0.1) is 0 Å². The highest BCUT2D eigenvalue weighted by Gasteiger charge is 2.27. The monoisotopic (exact) mass is 1000 g/mol. The van der Waals surface area contributed by atoms with Gasteiger partial charge in [-0.3, -0.25) is 9.59 Å². The van der Waals surface area contributed by atoms with Gasteiger partial charge in [0, 0.05) is 50.8 Å². The molecule has 62 heavy (non-hydrogen) atoms. The van der Waals surface area contributed by atoms with Gasteiger partial charge in [-0.1, -0.05) is 102 Å². The van der Waals surface area contributed by atoms with E-state index in [1.54, 1.807) is 24.3 Å². The first kappa shape index (κ1) is 48.4. The number of ether oxygens (including phenoxy) is 2. The quantitative estimate of drug-likeness (QED) is 0.0857. The fourth-order valence-electron chi connectivity index (χ4n) is 6.65. The highest BCUT2D eigenvalue weighted by Crippen LogP contribution is 2.30. The molecule has 4 aromatic carbocycles. The van der Waals surface area contributed by atoms with Crippen molar-refractivity contribution >= 4 is 90.1 Å². The van der Waals surface area contributed by atoms with Crippen LogP contribution in [0, 0.1) is 23.5 Å². The molecule has 13 heteroatoms. The number of nitrogens with one attached hydrogen (secondary N) is 1. The van der Waals surface area contributed by atoms with E-state index < -0.39 is 36.6 Å². The largest absolute Gasteiger partial charge is 0.466 e. The minimum atomic E-state index is -1.03. The fraction of sp³-hybridized carbons (Fsp3) is 0.347. The number of esters is 2. The number of hydrogen-bond donors (Lipinski definition) is 1. The normalized spacial score (nSPS) is 15.5. The average molecular weight is 1000 g/mol. The highest BCUT2D eigenvalue weighted by molar-refractivity contribution is 9.10. The van der Waals surface area contributed by atoms with Gasteiger partial charge in [-0.2, -0.15) is 0 Å². The van der Waals surface area contributed by atoms with E-state index in [1.165, 1.54) is 87.0 Å². The molecule has 2 unspecified atom stereocenters. The van der Waals surface area contributed by atoms with E-state index in [-0.39, 0.29) is 30.4 Å². The summed E-state index contributed by atoms with van der Waals surface area (Å²) in [6, 6.07) is 22.9. The molecule has 0 aromatic heterocycles. The molecule has 0 heterocycles. The second kappa shape index (κ2) is 27.4. The molecule has 6 rings (SSSR count). The summed E-state index contributed by atoms with van der Waals surface area (Å²) in [5, 5.41) is 2.79. The van der Waals surface area contributed by atoms with Crippen molar-refractivity contribution in [2.45, 2.75) is 84.7 Å². The van der Waals surface area contributed by atoms with Crippen LogP contribution >= 0.6 is 43.5 Å². The third kappa shape index (κ3) is 18.4. The Morgan fingerprint density at radius 1 is 0.710 bits per heavy atom. The number of carbonyl (C=O) groups excluding carboxylic acids is 4. The second-order valence-corrected chi connectivity index (χ2v) is 16.6. The first-order valence-electron chi connectivity index (χ1n) is 21.1. The Kier molecular flexibility index (Phi) is 21.4. The summed E-state index contributed by atoms with van der Waals surface area (Å²) in [6.07, 6.45) is 15.6. The van der Waals surface area contributed by atoms with Crippen molar-refractivity contribution in [2.24, 2.45) is 11.8 Å². The summed E-state index contributed by atoms with van der Waals surface area (Å²) in [4.78, 5) is 48.0. The van der Waals surface area contributed by atoms with E-state index in [0.29, 0.717) is 28.1 Å². The van der Waals surface area contributed by atoms with Gasteiger partial charge in [0.05, 0.1) is 23.5 Å². The Hall–Kier alpha value is -4.65. The molecule has 0 spiro atoms. The third-order valence-electron chi connectivity index (χ3n) is 9.87. The van der Waals surface area contributed by atoms with Gasteiger partial charge in [0.25, 0.3) is 0 Å². The lowest BCUT2D eigenvalue weighted by atomic mass is 9.88. The molecule has 2 atom stereocenters. The summed E-state index contributed by atoms with van der Waals surface area (Å²) in [5.74, 6) is -2.26. The standard InChI is InChI=1S/C24H25BrFNO3.C17H15BrFNO2.C7H11ClO.CH4/c1-30-23(28)12-9-18-13-21(26)15-22(14-18)27(16-17-7-10-20(25)11-8-17)24(29)19-5-3-2-4-6-19;1-22-17(21)7-4-13-8-15(19)10-16(9-13)20-11-12-2-5-14(18)6-3-12;8-7(9)6-4-2-1-3-5-6;/h7-15,19H,2-6,16H2,1H3;2-10,20H,11H2,1H3;6H,1-5H2;1H4/b12-9+;7-4+;;/i16D;11D;;. The van der Waals surface area contributed by atoms with E-state index in [2.05, 4.69) is 46.7 Å². The number of anilines is 2. The predicted octanol–water partition coefficient (Wildman–Crippen LogP) is 13.2. The molecular weight excluding hydrogens is 946 g/mol.